The normalized spacial score (nSPS) is 10.8. The number of amides is 1. The van der Waals surface area contributed by atoms with E-state index in [9.17, 15) is 4.79 Å². The van der Waals surface area contributed by atoms with Crippen LogP contribution in [-0.4, -0.2) is 23.2 Å². The fourth-order valence-electron chi connectivity index (χ4n) is 2.46. The van der Waals surface area contributed by atoms with Gasteiger partial charge in [-0.2, -0.15) is 5.10 Å². The van der Waals surface area contributed by atoms with Gasteiger partial charge in [0.15, 0.2) is 0 Å². The van der Waals surface area contributed by atoms with Crippen molar-refractivity contribution in [3.63, 3.8) is 0 Å². The first-order chi connectivity index (χ1) is 11.5. The van der Waals surface area contributed by atoms with Gasteiger partial charge in [0, 0.05) is 24.7 Å². The minimum atomic E-state index is -0.190. The molecular formula is C17H19N5OS. The first-order valence-corrected chi connectivity index (χ1v) is 8.39. The van der Waals surface area contributed by atoms with Gasteiger partial charge in [0.05, 0.1) is 11.4 Å². The molecule has 0 bridgehead atoms. The SMILES string of the molecule is CNc1ccc(CNC(=O)c2sc3nnc(C)c(C)c3c2N)cc1. The molecule has 0 aliphatic carbocycles. The zero-order chi connectivity index (χ0) is 17.3. The maximum absolute atomic E-state index is 12.5. The molecule has 0 aliphatic heterocycles. The van der Waals surface area contributed by atoms with E-state index in [0.717, 1.165) is 27.9 Å². The van der Waals surface area contributed by atoms with Crippen LogP contribution in [0.5, 0.6) is 0 Å². The maximum atomic E-state index is 12.5. The number of carbonyl (C=O) groups excluding carboxylic acids is 1. The number of hydrogen-bond donors (Lipinski definition) is 3. The highest BCUT2D eigenvalue weighted by atomic mass is 32.1. The summed E-state index contributed by atoms with van der Waals surface area (Å²) in [5.74, 6) is -0.190. The molecule has 0 saturated carbocycles. The minimum absolute atomic E-state index is 0.190. The molecule has 3 aromatic rings. The van der Waals surface area contributed by atoms with Gasteiger partial charge in [-0.15, -0.1) is 16.4 Å². The van der Waals surface area contributed by atoms with Crippen molar-refractivity contribution in [1.82, 2.24) is 15.5 Å². The van der Waals surface area contributed by atoms with Gasteiger partial charge < -0.3 is 16.4 Å². The molecule has 0 saturated heterocycles. The summed E-state index contributed by atoms with van der Waals surface area (Å²) < 4.78 is 0. The lowest BCUT2D eigenvalue weighted by Crippen LogP contribution is -2.22. The molecule has 0 spiro atoms. The topological polar surface area (TPSA) is 92.9 Å². The van der Waals surface area contributed by atoms with Gasteiger partial charge in [-0.3, -0.25) is 4.79 Å². The van der Waals surface area contributed by atoms with Crippen LogP contribution in [0, 0.1) is 13.8 Å². The van der Waals surface area contributed by atoms with Gasteiger partial charge in [-0.1, -0.05) is 12.1 Å². The predicted molar refractivity (Wildman–Crippen MR) is 98.5 cm³/mol. The smallest absolute Gasteiger partial charge is 0.263 e. The van der Waals surface area contributed by atoms with Gasteiger partial charge in [0.25, 0.3) is 5.91 Å². The molecule has 0 aliphatic rings. The third-order valence-corrected chi connectivity index (χ3v) is 5.13. The van der Waals surface area contributed by atoms with Crippen molar-refractivity contribution in [2.75, 3.05) is 18.1 Å². The monoisotopic (exact) mass is 341 g/mol. The van der Waals surface area contributed by atoms with E-state index >= 15 is 0 Å². The van der Waals surface area contributed by atoms with Crippen LogP contribution in [0.3, 0.4) is 0 Å². The third-order valence-electron chi connectivity index (χ3n) is 4.04. The molecule has 7 heteroatoms. The molecule has 24 heavy (non-hydrogen) atoms. The van der Waals surface area contributed by atoms with Crippen LogP contribution in [0.25, 0.3) is 10.2 Å². The van der Waals surface area contributed by atoms with Gasteiger partial charge in [0.2, 0.25) is 0 Å². The molecule has 4 N–H and O–H groups in total. The molecule has 0 radical (unpaired) electrons. The Balaban J connectivity index is 1.81. The lowest BCUT2D eigenvalue weighted by Gasteiger charge is -2.06. The molecule has 6 nitrogen and oxygen atoms in total. The van der Waals surface area contributed by atoms with E-state index in [1.54, 1.807) is 0 Å². The summed E-state index contributed by atoms with van der Waals surface area (Å²) in [6.07, 6.45) is 0. The quantitative estimate of drug-likeness (QED) is 0.678. The molecule has 0 fully saturated rings. The standard InChI is InChI=1S/C17H19N5OS/c1-9-10(2)21-22-17-13(9)14(18)15(24-17)16(23)20-8-11-4-6-12(19-3)7-5-11/h4-7,19H,8,18H2,1-3H3,(H,20,23). The Bertz CT molecular complexity index is 901. The van der Waals surface area contributed by atoms with Gasteiger partial charge >= 0.3 is 0 Å². The fraction of sp³-hybridized carbons (Fsp3) is 0.235. The number of carbonyl (C=O) groups is 1. The molecule has 0 atom stereocenters. The minimum Gasteiger partial charge on any atom is -0.397 e. The van der Waals surface area contributed by atoms with E-state index in [4.69, 9.17) is 5.73 Å². The number of rotatable bonds is 4. The average molecular weight is 341 g/mol. The summed E-state index contributed by atoms with van der Waals surface area (Å²) in [4.78, 5) is 13.7. The first-order valence-electron chi connectivity index (χ1n) is 7.58. The Hall–Kier alpha value is -2.67. The lowest BCUT2D eigenvalue weighted by atomic mass is 10.1. The van der Waals surface area contributed by atoms with E-state index in [1.807, 2.05) is 45.2 Å². The number of nitrogens with zero attached hydrogens (tertiary/aromatic N) is 2. The number of fused-ring (bicyclic) bond motifs is 1. The molecule has 2 aromatic heterocycles. The van der Waals surface area contributed by atoms with Crippen molar-refractivity contribution in [2.45, 2.75) is 20.4 Å². The van der Waals surface area contributed by atoms with Crippen LogP contribution in [0.4, 0.5) is 11.4 Å². The summed E-state index contributed by atoms with van der Waals surface area (Å²) in [5.41, 5.74) is 10.5. The van der Waals surface area contributed by atoms with Crippen molar-refractivity contribution in [1.29, 1.82) is 0 Å². The van der Waals surface area contributed by atoms with Crippen LogP contribution in [0.2, 0.25) is 0 Å². The van der Waals surface area contributed by atoms with Crippen molar-refractivity contribution >= 4 is 38.8 Å². The third kappa shape index (κ3) is 2.90. The molecule has 124 valence electrons. The maximum Gasteiger partial charge on any atom is 0.263 e. The zero-order valence-electron chi connectivity index (χ0n) is 13.8. The van der Waals surface area contributed by atoms with E-state index in [2.05, 4.69) is 20.8 Å². The largest absolute Gasteiger partial charge is 0.397 e. The van der Waals surface area contributed by atoms with Gasteiger partial charge in [0.1, 0.15) is 9.71 Å². The molecule has 0 unspecified atom stereocenters. The fourth-order valence-corrected chi connectivity index (χ4v) is 3.48. The summed E-state index contributed by atoms with van der Waals surface area (Å²) in [7, 11) is 1.87. The highest BCUT2D eigenvalue weighted by Gasteiger charge is 2.19. The molecular weight excluding hydrogens is 322 g/mol. The number of nitrogen functional groups attached to an aromatic ring is 1. The second kappa shape index (κ2) is 6.45. The second-order valence-electron chi connectivity index (χ2n) is 5.57. The van der Waals surface area contributed by atoms with Crippen LogP contribution in [-0.2, 0) is 6.54 Å². The second-order valence-corrected chi connectivity index (χ2v) is 6.56. The highest BCUT2D eigenvalue weighted by molar-refractivity contribution is 7.21. The van der Waals surface area contributed by atoms with E-state index in [0.29, 0.717) is 21.9 Å². The number of aryl methyl sites for hydroxylation is 2. The number of anilines is 2. The summed E-state index contributed by atoms with van der Waals surface area (Å²) in [6, 6.07) is 7.88. The lowest BCUT2D eigenvalue weighted by molar-refractivity contribution is 0.0956. The van der Waals surface area contributed by atoms with Crippen molar-refractivity contribution in [3.8, 4) is 0 Å². The molecule has 3 rings (SSSR count). The Morgan fingerprint density at radius 1 is 1.21 bits per heavy atom. The summed E-state index contributed by atoms with van der Waals surface area (Å²) in [5, 5.41) is 15.0. The summed E-state index contributed by atoms with van der Waals surface area (Å²) >= 11 is 1.28. The predicted octanol–water partition coefficient (Wildman–Crippen LogP) is 2.86. The van der Waals surface area contributed by atoms with Crippen molar-refractivity contribution in [3.05, 3.63) is 46.0 Å². The van der Waals surface area contributed by atoms with Crippen LogP contribution in [0.1, 0.15) is 26.5 Å². The van der Waals surface area contributed by atoms with Crippen LogP contribution >= 0.6 is 11.3 Å². The van der Waals surface area contributed by atoms with E-state index < -0.39 is 0 Å². The summed E-state index contributed by atoms with van der Waals surface area (Å²) in [6.45, 7) is 4.27. The molecule has 1 amide bonds. The van der Waals surface area contributed by atoms with Crippen LogP contribution in [0.15, 0.2) is 24.3 Å². The average Bonchev–Trinajstić information content (AvgIpc) is 2.94. The Morgan fingerprint density at radius 3 is 2.58 bits per heavy atom. The number of aromatic nitrogens is 2. The number of hydrogen-bond acceptors (Lipinski definition) is 6. The van der Waals surface area contributed by atoms with Crippen molar-refractivity contribution in [2.24, 2.45) is 0 Å². The Morgan fingerprint density at radius 2 is 1.92 bits per heavy atom. The first kappa shape index (κ1) is 16.2. The number of nitrogens with two attached hydrogens (primary N) is 1. The molecule has 2 heterocycles. The highest BCUT2D eigenvalue weighted by Crippen LogP contribution is 2.34. The number of nitrogens with one attached hydrogen (secondary N) is 2. The Labute approximate surface area is 144 Å². The van der Waals surface area contributed by atoms with E-state index in [1.165, 1.54) is 11.3 Å². The van der Waals surface area contributed by atoms with Gasteiger partial charge in [-0.25, -0.2) is 0 Å². The molecule has 1 aromatic carbocycles. The van der Waals surface area contributed by atoms with E-state index in [-0.39, 0.29) is 5.91 Å². The zero-order valence-corrected chi connectivity index (χ0v) is 14.6. The van der Waals surface area contributed by atoms with Gasteiger partial charge in [-0.05, 0) is 37.1 Å². The Kier molecular flexibility index (Phi) is 4.35. The number of benzene rings is 1. The van der Waals surface area contributed by atoms with Crippen molar-refractivity contribution < 1.29 is 4.79 Å². The number of thiophene rings is 1. The van der Waals surface area contributed by atoms with Crippen LogP contribution < -0.4 is 16.4 Å².